The molecule has 0 aliphatic heterocycles. The normalized spacial score (nSPS) is 11.2. The summed E-state index contributed by atoms with van der Waals surface area (Å²) in [5.74, 6) is -0.305. The van der Waals surface area contributed by atoms with E-state index in [4.69, 9.17) is 4.74 Å². The first-order valence-electron chi connectivity index (χ1n) is 9.05. The van der Waals surface area contributed by atoms with Crippen molar-refractivity contribution in [1.29, 1.82) is 0 Å². The summed E-state index contributed by atoms with van der Waals surface area (Å²) in [5.41, 5.74) is -0.136. The van der Waals surface area contributed by atoms with Crippen molar-refractivity contribution in [3.05, 3.63) is 72.1 Å². The lowest BCUT2D eigenvalue weighted by Gasteiger charge is -2.15. The van der Waals surface area contributed by atoms with Crippen LogP contribution in [-0.4, -0.2) is 28.1 Å². The second-order valence-electron chi connectivity index (χ2n) is 6.32. The van der Waals surface area contributed by atoms with Crippen molar-refractivity contribution in [3.63, 3.8) is 0 Å². The minimum Gasteiger partial charge on any atom is -0.484 e. The number of alkyl halides is 3. The molecule has 9 heteroatoms. The zero-order valence-corrected chi connectivity index (χ0v) is 15.9. The zero-order chi connectivity index (χ0) is 21.7. The maximum Gasteiger partial charge on any atom is 0.416 e. The second-order valence-corrected chi connectivity index (χ2v) is 6.32. The van der Waals surface area contributed by atoms with Gasteiger partial charge in [0.05, 0.1) is 16.9 Å². The summed E-state index contributed by atoms with van der Waals surface area (Å²) in [6.45, 7) is 1.33. The lowest BCUT2D eigenvalue weighted by atomic mass is 10.1. The molecular formula is C21H18F3N3O3. The topological polar surface area (TPSA) is 73.2 Å². The number of carbonyl (C=O) groups is 2. The quantitative estimate of drug-likeness (QED) is 0.575. The highest BCUT2D eigenvalue weighted by Gasteiger charge is 2.31. The maximum atomic E-state index is 13.1. The van der Waals surface area contributed by atoms with Crippen molar-refractivity contribution in [3.8, 4) is 11.4 Å². The van der Waals surface area contributed by atoms with E-state index in [2.05, 4.69) is 10.4 Å². The number of benzene rings is 2. The van der Waals surface area contributed by atoms with E-state index in [1.807, 2.05) is 0 Å². The molecule has 1 heterocycles. The van der Waals surface area contributed by atoms with Crippen molar-refractivity contribution < 1.29 is 27.5 Å². The van der Waals surface area contributed by atoms with Gasteiger partial charge in [-0.3, -0.25) is 9.59 Å². The third-order valence-electron chi connectivity index (χ3n) is 4.22. The minimum atomic E-state index is -4.56. The fourth-order valence-electron chi connectivity index (χ4n) is 2.70. The average molecular weight is 417 g/mol. The van der Waals surface area contributed by atoms with Gasteiger partial charge in [-0.05, 0) is 48.5 Å². The SMILES string of the molecule is CCC(=O)c1ccc(OCC(=O)Nc2cc(C(F)(F)F)ccc2-n2cccn2)cc1. The Bertz CT molecular complexity index is 1030. The van der Waals surface area contributed by atoms with Crippen molar-refractivity contribution >= 4 is 17.4 Å². The summed E-state index contributed by atoms with van der Waals surface area (Å²) in [6, 6.07) is 10.9. The van der Waals surface area contributed by atoms with Crippen LogP contribution < -0.4 is 10.1 Å². The first-order valence-corrected chi connectivity index (χ1v) is 9.05. The Morgan fingerprint density at radius 1 is 1.13 bits per heavy atom. The van der Waals surface area contributed by atoms with Crippen LogP contribution in [0, 0.1) is 0 Å². The van der Waals surface area contributed by atoms with Gasteiger partial charge in [-0.15, -0.1) is 0 Å². The van der Waals surface area contributed by atoms with Gasteiger partial charge in [-0.2, -0.15) is 18.3 Å². The second kappa shape index (κ2) is 8.81. The molecule has 1 amide bonds. The van der Waals surface area contributed by atoms with Crippen LogP contribution >= 0.6 is 0 Å². The molecule has 3 rings (SSSR count). The maximum absolute atomic E-state index is 13.1. The van der Waals surface area contributed by atoms with E-state index in [0.29, 0.717) is 17.7 Å². The van der Waals surface area contributed by atoms with Gasteiger partial charge in [0.1, 0.15) is 5.75 Å². The van der Waals surface area contributed by atoms with Crippen molar-refractivity contribution in [1.82, 2.24) is 9.78 Å². The van der Waals surface area contributed by atoms with Gasteiger partial charge in [-0.1, -0.05) is 6.92 Å². The van der Waals surface area contributed by atoms with Gasteiger partial charge in [0.15, 0.2) is 12.4 Å². The smallest absolute Gasteiger partial charge is 0.416 e. The molecule has 0 aliphatic rings. The van der Waals surface area contributed by atoms with Crippen LogP contribution in [0.25, 0.3) is 5.69 Å². The van der Waals surface area contributed by atoms with E-state index in [9.17, 15) is 22.8 Å². The van der Waals surface area contributed by atoms with Crippen LogP contribution in [0.15, 0.2) is 60.9 Å². The Morgan fingerprint density at radius 2 is 1.87 bits per heavy atom. The summed E-state index contributed by atoms with van der Waals surface area (Å²) >= 11 is 0. The number of carbonyl (C=O) groups excluding carboxylic acids is 2. The number of ketones is 1. The highest BCUT2D eigenvalue weighted by molar-refractivity contribution is 5.96. The lowest BCUT2D eigenvalue weighted by Crippen LogP contribution is -2.21. The van der Waals surface area contributed by atoms with Gasteiger partial charge in [0.2, 0.25) is 0 Å². The molecule has 1 aromatic heterocycles. The molecule has 3 aromatic rings. The van der Waals surface area contributed by atoms with E-state index >= 15 is 0 Å². The number of Topliss-reactive ketones (excluding diaryl/α,β-unsaturated/α-hetero) is 1. The van der Waals surface area contributed by atoms with Crippen LogP contribution in [-0.2, 0) is 11.0 Å². The van der Waals surface area contributed by atoms with Crippen LogP contribution in [0.3, 0.4) is 0 Å². The van der Waals surface area contributed by atoms with Gasteiger partial charge < -0.3 is 10.1 Å². The number of amides is 1. The number of halogens is 3. The van der Waals surface area contributed by atoms with Gasteiger partial charge in [-0.25, -0.2) is 4.68 Å². The third kappa shape index (κ3) is 5.05. The lowest BCUT2D eigenvalue weighted by molar-refractivity contribution is -0.137. The molecule has 156 valence electrons. The molecule has 0 saturated carbocycles. The van der Waals surface area contributed by atoms with E-state index in [-0.39, 0.29) is 17.2 Å². The fourth-order valence-corrected chi connectivity index (χ4v) is 2.70. The molecule has 0 aliphatic carbocycles. The number of anilines is 1. The molecule has 0 atom stereocenters. The van der Waals surface area contributed by atoms with Crippen LogP contribution in [0.2, 0.25) is 0 Å². The molecule has 0 unspecified atom stereocenters. The first kappa shape index (κ1) is 21.1. The van der Waals surface area contributed by atoms with E-state index in [0.717, 1.165) is 12.1 Å². The van der Waals surface area contributed by atoms with Crippen LogP contribution in [0.1, 0.15) is 29.3 Å². The fraction of sp³-hybridized carbons (Fsp3) is 0.190. The van der Waals surface area contributed by atoms with Crippen LogP contribution in [0.5, 0.6) is 5.75 Å². The van der Waals surface area contributed by atoms with E-state index in [1.54, 1.807) is 43.5 Å². The highest BCUT2D eigenvalue weighted by Crippen LogP contribution is 2.33. The average Bonchev–Trinajstić information content (AvgIpc) is 3.26. The third-order valence-corrected chi connectivity index (χ3v) is 4.22. The predicted octanol–water partition coefficient (Wildman–Crippen LogP) is 4.50. The number of aromatic nitrogens is 2. The Labute approximate surface area is 170 Å². The Kier molecular flexibility index (Phi) is 6.20. The van der Waals surface area contributed by atoms with E-state index in [1.165, 1.54) is 16.9 Å². The number of hydrogen-bond acceptors (Lipinski definition) is 4. The van der Waals surface area contributed by atoms with Gasteiger partial charge >= 0.3 is 6.18 Å². The highest BCUT2D eigenvalue weighted by atomic mass is 19.4. The molecule has 0 spiro atoms. The minimum absolute atomic E-state index is 0.0185. The molecule has 0 fully saturated rings. The molecule has 6 nitrogen and oxygen atoms in total. The van der Waals surface area contributed by atoms with Crippen molar-refractivity contribution in [2.24, 2.45) is 0 Å². The monoisotopic (exact) mass is 417 g/mol. The van der Waals surface area contributed by atoms with E-state index < -0.39 is 24.3 Å². The molecule has 0 saturated heterocycles. The van der Waals surface area contributed by atoms with Gasteiger partial charge in [0.25, 0.3) is 5.91 Å². The Hall–Kier alpha value is -3.62. The standard InChI is InChI=1S/C21H18F3N3O3/c1-2-19(28)14-4-7-16(8-5-14)30-13-20(29)26-17-12-15(21(22,23)24)6-9-18(17)27-11-3-10-25-27/h3-12H,2,13H2,1H3,(H,26,29). The molecule has 1 N–H and O–H groups in total. The molecule has 0 bridgehead atoms. The van der Waals surface area contributed by atoms with Gasteiger partial charge in [0, 0.05) is 24.4 Å². The number of hydrogen-bond donors (Lipinski definition) is 1. The van der Waals surface area contributed by atoms with Crippen molar-refractivity contribution in [2.45, 2.75) is 19.5 Å². The molecule has 0 radical (unpaired) electrons. The molecular weight excluding hydrogens is 399 g/mol. The van der Waals surface area contributed by atoms with Crippen molar-refractivity contribution in [2.75, 3.05) is 11.9 Å². The number of ether oxygens (including phenoxy) is 1. The molecule has 2 aromatic carbocycles. The number of rotatable bonds is 7. The summed E-state index contributed by atoms with van der Waals surface area (Å²) in [5, 5.41) is 6.44. The first-order chi connectivity index (χ1) is 14.3. The summed E-state index contributed by atoms with van der Waals surface area (Å²) < 4.78 is 46.0. The summed E-state index contributed by atoms with van der Waals surface area (Å²) in [4.78, 5) is 23.9. The molecule has 30 heavy (non-hydrogen) atoms. The van der Waals surface area contributed by atoms with Crippen LogP contribution in [0.4, 0.5) is 18.9 Å². The predicted molar refractivity (Wildman–Crippen MR) is 104 cm³/mol. The Balaban J connectivity index is 1.73. The Morgan fingerprint density at radius 3 is 2.47 bits per heavy atom. The summed E-state index contributed by atoms with van der Waals surface area (Å²) in [6.07, 6.45) is -1.16. The summed E-state index contributed by atoms with van der Waals surface area (Å²) in [7, 11) is 0. The number of nitrogens with one attached hydrogen (secondary N) is 1. The zero-order valence-electron chi connectivity index (χ0n) is 15.9. The number of nitrogens with zero attached hydrogens (tertiary/aromatic N) is 2. The largest absolute Gasteiger partial charge is 0.484 e.